The molecule has 7 heteroatoms. The van der Waals surface area contributed by atoms with Crippen LogP contribution in [0.5, 0.6) is 11.8 Å². The van der Waals surface area contributed by atoms with Crippen molar-refractivity contribution in [2.45, 2.75) is 71.4 Å². The van der Waals surface area contributed by atoms with Gasteiger partial charge in [0.15, 0.2) is 0 Å². The van der Waals surface area contributed by atoms with E-state index >= 15 is 0 Å². The lowest BCUT2D eigenvalue weighted by Crippen LogP contribution is -2.26. The van der Waals surface area contributed by atoms with Crippen LogP contribution in [-0.4, -0.2) is 46.9 Å². The number of anilines is 1. The fourth-order valence-corrected chi connectivity index (χ4v) is 4.29. The molecule has 0 atom stereocenters. The summed E-state index contributed by atoms with van der Waals surface area (Å²) in [7, 11) is 0. The van der Waals surface area contributed by atoms with E-state index in [1.807, 2.05) is 32.2 Å². The maximum Gasteiger partial charge on any atom is 0.226 e. The minimum Gasteiger partial charge on any atom is -0.477 e. The van der Waals surface area contributed by atoms with Crippen molar-refractivity contribution < 1.29 is 14.2 Å². The Hall–Kier alpha value is -2.41. The number of rotatable bonds is 8. The Bertz CT molecular complexity index is 845. The third-order valence-corrected chi connectivity index (χ3v) is 6.30. The fraction of sp³-hybridized carbons (Fsp3) is 0.640. The zero-order valence-corrected chi connectivity index (χ0v) is 19.5. The molecule has 3 heterocycles. The molecule has 0 bridgehead atoms. The minimum absolute atomic E-state index is 0.0863. The molecule has 0 spiro atoms. The lowest BCUT2D eigenvalue weighted by atomic mass is 9.87. The van der Waals surface area contributed by atoms with Crippen molar-refractivity contribution >= 4 is 5.95 Å². The normalized spacial score (nSPS) is 22.0. The molecule has 1 N–H and O–H groups in total. The number of ether oxygens (including phenoxy) is 3. The highest BCUT2D eigenvalue weighted by molar-refractivity contribution is 5.68. The van der Waals surface area contributed by atoms with E-state index in [4.69, 9.17) is 19.2 Å². The summed E-state index contributed by atoms with van der Waals surface area (Å²) < 4.78 is 17.4. The Kier molecular flexibility index (Phi) is 7.79. The van der Waals surface area contributed by atoms with Gasteiger partial charge in [0.25, 0.3) is 0 Å². The molecule has 0 aromatic carbocycles. The molecular weight excluding hydrogens is 404 g/mol. The number of aromatic nitrogens is 3. The number of hydrogen-bond acceptors (Lipinski definition) is 7. The first kappa shape index (κ1) is 22.8. The number of nitrogens with one attached hydrogen (secondary N) is 1. The topological polar surface area (TPSA) is 78.4 Å². The van der Waals surface area contributed by atoms with Gasteiger partial charge in [-0.05, 0) is 70.3 Å². The standard InChI is InChI=1S/C25H36N4O3/c1-17(2)32-23-9-6-20(14-26-23)22-15-27-25(28-21-7-4-18(3)5-8-21)29-24(22)31-16-19-10-12-30-13-11-19/h6,9,14-15,17-19,21H,4-5,7-8,10-13,16H2,1-3H3,(H,27,28,29)/t18-,21-. The minimum atomic E-state index is 0.0863. The molecule has 0 unspecified atom stereocenters. The van der Waals surface area contributed by atoms with Gasteiger partial charge in [0.05, 0.1) is 18.3 Å². The number of hydrogen-bond donors (Lipinski definition) is 1. The van der Waals surface area contributed by atoms with Gasteiger partial charge in [-0.3, -0.25) is 0 Å². The van der Waals surface area contributed by atoms with Crippen LogP contribution in [0.4, 0.5) is 5.95 Å². The van der Waals surface area contributed by atoms with Gasteiger partial charge in [-0.1, -0.05) is 6.92 Å². The summed E-state index contributed by atoms with van der Waals surface area (Å²) >= 11 is 0. The summed E-state index contributed by atoms with van der Waals surface area (Å²) in [6.45, 7) is 8.55. The Morgan fingerprint density at radius 1 is 1.03 bits per heavy atom. The zero-order chi connectivity index (χ0) is 22.3. The second-order valence-corrected chi connectivity index (χ2v) is 9.43. The van der Waals surface area contributed by atoms with Gasteiger partial charge >= 0.3 is 0 Å². The van der Waals surface area contributed by atoms with E-state index in [2.05, 4.69) is 22.2 Å². The first-order valence-electron chi connectivity index (χ1n) is 12.0. The van der Waals surface area contributed by atoms with Gasteiger partial charge in [0, 0.05) is 43.3 Å². The summed E-state index contributed by atoms with van der Waals surface area (Å²) in [6.07, 6.45) is 10.6. The molecular formula is C25H36N4O3. The third-order valence-electron chi connectivity index (χ3n) is 6.30. The van der Waals surface area contributed by atoms with Crippen LogP contribution in [0.3, 0.4) is 0 Å². The van der Waals surface area contributed by atoms with Crippen molar-refractivity contribution in [2.75, 3.05) is 25.1 Å². The second-order valence-electron chi connectivity index (χ2n) is 9.43. The predicted molar refractivity (Wildman–Crippen MR) is 125 cm³/mol. The van der Waals surface area contributed by atoms with Gasteiger partial charge in [-0.15, -0.1) is 0 Å². The zero-order valence-electron chi connectivity index (χ0n) is 19.5. The SMILES string of the molecule is CC(C)Oc1ccc(-c2cnc(N[C@H]3CC[C@H](C)CC3)nc2OCC2CCOCC2)cn1. The van der Waals surface area contributed by atoms with Crippen molar-refractivity contribution in [1.29, 1.82) is 0 Å². The van der Waals surface area contributed by atoms with Crippen LogP contribution in [0.1, 0.15) is 59.3 Å². The van der Waals surface area contributed by atoms with E-state index < -0.39 is 0 Å². The Morgan fingerprint density at radius 3 is 2.50 bits per heavy atom. The van der Waals surface area contributed by atoms with Gasteiger partial charge in [0.2, 0.25) is 17.7 Å². The maximum atomic E-state index is 6.27. The summed E-state index contributed by atoms with van der Waals surface area (Å²) in [5.41, 5.74) is 1.77. The molecule has 0 amide bonds. The molecule has 4 rings (SSSR count). The third kappa shape index (κ3) is 6.31. The van der Waals surface area contributed by atoms with Crippen LogP contribution in [0, 0.1) is 11.8 Å². The number of nitrogens with zero attached hydrogens (tertiary/aromatic N) is 3. The van der Waals surface area contributed by atoms with Crippen LogP contribution in [0.2, 0.25) is 0 Å². The molecule has 1 saturated carbocycles. The molecule has 2 aromatic rings. The van der Waals surface area contributed by atoms with E-state index in [1.54, 1.807) is 6.20 Å². The maximum absolute atomic E-state index is 6.27. The number of pyridine rings is 1. The largest absolute Gasteiger partial charge is 0.477 e. The molecule has 7 nitrogen and oxygen atoms in total. The van der Waals surface area contributed by atoms with Crippen LogP contribution in [0.15, 0.2) is 24.5 Å². The van der Waals surface area contributed by atoms with E-state index in [-0.39, 0.29) is 6.10 Å². The lowest BCUT2D eigenvalue weighted by molar-refractivity contribution is 0.0491. The molecule has 2 fully saturated rings. The summed E-state index contributed by atoms with van der Waals surface area (Å²) in [4.78, 5) is 13.8. The average Bonchev–Trinajstić information content (AvgIpc) is 2.80. The van der Waals surface area contributed by atoms with Crippen molar-refractivity contribution in [3.05, 3.63) is 24.5 Å². The van der Waals surface area contributed by atoms with Gasteiger partial charge < -0.3 is 19.5 Å². The monoisotopic (exact) mass is 440 g/mol. The van der Waals surface area contributed by atoms with Gasteiger partial charge in [-0.2, -0.15) is 4.98 Å². The van der Waals surface area contributed by atoms with Crippen molar-refractivity contribution in [1.82, 2.24) is 15.0 Å². The smallest absolute Gasteiger partial charge is 0.226 e. The second kappa shape index (κ2) is 10.9. The quantitative estimate of drug-likeness (QED) is 0.610. The Labute approximate surface area is 191 Å². The van der Waals surface area contributed by atoms with Crippen LogP contribution < -0.4 is 14.8 Å². The first-order chi connectivity index (χ1) is 15.6. The van der Waals surface area contributed by atoms with Crippen LogP contribution in [0.25, 0.3) is 11.1 Å². The molecule has 2 aromatic heterocycles. The Balaban J connectivity index is 1.52. The highest BCUT2D eigenvalue weighted by Crippen LogP contribution is 2.31. The highest BCUT2D eigenvalue weighted by atomic mass is 16.5. The van der Waals surface area contributed by atoms with Gasteiger partial charge in [0.1, 0.15) is 0 Å². The molecule has 2 aliphatic rings. The molecule has 0 radical (unpaired) electrons. The summed E-state index contributed by atoms with van der Waals surface area (Å²) in [6, 6.07) is 4.29. The van der Waals surface area contributed by atoms with E-state index in [0.717, 1.165) is 55.9 Å². The van der Waals surface area contributed by atoms with E-state index in [1.165, 1.54) is 12.8 Å². The van der Waals surface area contributed by atoms with Crippen LogP contribution >= 0.6 is 0 Å². The lowest BCUT2D eigenvalue weighted by Gasteiger charge is -2.27. The van der Waals surface area contributed by atoms with Crippen LogP contribution in [-0.2, 0) is 4.74 Å². The summed E-state index contributed by atoms with van der Waals surface area (Å²) in [5.74, 6) is 3.16. The highest BCUT2D eigenvalue weighted by Gasteiger charge is 2.21. The fourth-order valence-electron chi connectivity index (χ4n) is 4.29. The average molecular weight is 441 g/mol. The predicted octanol–water partition coefficient (Wildman–Crippen LogP) is 5.12. The molecule has 1 saturated heterocycles. The van der Waals surface area contributed by atoms with Crippen molar-refractivity contribution in [3.8, 4) is 22.9 Å². The first-order valence-corrected chi connectivity index (χ1v) is 12.0. The molecule has 174 valence electrons. The van der Waals surface area contributed by atoms with Crippen molar-refractivity contribution in [3.63, 3.8) is 0 Å². The van der Waals surface area contributed by atoms with Gasteiger partial charge in [-0.25, -0.2) is 9.97 Å². The molecule has 1 aliphatic carbocycles. The van der Waals surface area contributed by atoms with E-state index in [0.29, 0.717) is 36.3 Å². The van der Waals surface area contributed by atoms with E-state index in [9.17, 15) is 0 Å². The molecule has 32 heavy (non-hydrogen) atoms. The summed E-state index contributed by atoms with van der Waals surface area (Å²) in [5, 5.41) is 3.53. The molecule has 1 aliphatic heterocycles. The van der Waals surface area contributed by atoms with Crippen molar-refractivity contribution in [2.24, 2.45) is 11.8 Å². The Morgan fingerprint density at radius 2 is 1.81 bits per heavy atom.